The molecule has 4 heterocycles. The van der Waals surface area contributed by atoms with E-state index in [-0.39, 0.29) is 29.3 Å². The van der Waals surface area contributed by atoms with Crippen LogP contribution in [0.2, 0.25) is 5.15 Å². The van der Waals surface area contributed by atoms with Gasteiger partial charge in [-0.1, -0.05) is 23.4 Å². The van der Waals surface area contributed by atoms with Gasteiger partial charge in [0, 0.05) is 63.2 Å². The number of piperidine rings is 1. The minimum absolute atomic E-state index is 0.00717. The van der Waals surface area contributed by atoms with Crippen molar-refractivity contribution < 1.29 is 19.1 Å². The van der Waals surface area contributed by atoms with Gasteiger partial charge in [-0.15, -0.1) is 0 Å². The Kier molecular flexibility index (Phi) is 7.99. The standard InChI is InChI=1S/C23H35ClN6O4S/c1-16-14-29(9-10-30(16)21(32)27-22(2,3)4)18-13-17(24)25-20(26-18)35-15-19(31)28-7-5-23(6-8-28)33-11-12-34-23/h13,16H,5-12,14-15H2,1-4H3,(H,27,32). The van der Waals surface area contributed by atoms with Gasteiger partial charge >= 0.3 is 6.03 Å². The molecule has 1 aromatic rings. The first-order valence-corrected chi connectivity index (χ1v) is 13.5. The molecule has 3 saturated heterocycles. The summed E-state index contributed by atoms with van der Waals surface area (Å²) < 4.78 is 11.5. The summed E-state index contributed by atoms with van der Waals surface area (Å²) in [5, 5.41) is 3.83. The van der Waals surface area contributed by atoms with Crippen LogP contribution < -0.4 is 10.2 Å². The summed E-state index contributed by atoms with van der Waals surface area (Å²) >= 11 is 7.59. The Bertz CT molecular complexity index is 929. The fraction of sp³-hybridized carbons (Fsp3) is 0.739. The molecule has 0 radical (unpaired) electrons. The van der Waals surface area contributed by atoms with E-state index in [9.17, 15) is 9.59 Å². The van der Waals surface area contributed by atoms with Crippen molar-refractivity contribution in [2.24, 2.45) is 0 Å². The lowest BCUT2D eigenvalue weighted by atomic mass is 10.0. The second kappa shape index (κ2) is 10.7. The number of carbonyl (C=O) groups is 2. The van der Waals surface area contributed by atoms with E-state index in [1.807, 2.05) is 37.5 Å². The van der Waals surface area contributed by atoms with Crippen molar-refractivity contribution in [3.63, 3.8) is 0 Å². The van der Waals surface area contributed by atoms with Crippen molar-refractivity contribution in [1.29, 1.82) is 0 Å². The third-order valence-corrected chi connectivity index (χ3v) is 7.40. The van der Waals surface area contributed by atoms with Gasteiger partial charge in [0.2, 0.25) is 5.91 Å². The highest BCUT2D eigenvalue weighted by Crippen LogP contribution is 2.32. The highest BCUT2D eigenvalue weighted by Gasteiger charge is 2.40. The number of aromatic nitrogens is 2. The van der Waals surface area contributed by atoms with Gasteiger partial charge in [-0.3, -0.25) is 4.79 Å². The second-order valence-corrected chi connectivity index (χ2v) is 11.6. The number of amides is 3. The van der Waals surface area contributed by atoms with E-state index >= 15 is 0 Å². The minimum Gasteiger partial charge on any atom is -0.353 e. The average molecular weight is 527 g/mol. The average Bonchev–Trinajstić information content (AvgIpc) is 3.24. The molecule has 3 aliphatic heterocycles. The third-order valence-electron chi connectivity index (χ3n) is 6.37. The van der Waals surface area contributed by atoms with Crippen LogP contribution in [0.25, 0.3) is 0 Å². The lowest BCUT2D eigenvalue weighted by Gasteiger charge is -2.41. The van der Waals surface area contributed by atoms with Crippen molar-refractivity contribution in [1.82, 2.24) is 25.1 Å². The number of piperazine rings is 1. The number of urea groups is 1. The van der Waals surface area contributed by atoms with Crippen LogP contribution in [-0.4, -0.2) is 101 Å². The summed E-state index contributed by atoms with van der Waals surface area (Å²) in [4.78, 5) is 40.2. The lowest BCUT2D eigenvalue weighted by Crippen LogP contribution is -2.59. The molecule has 0 saturated carbocycles. The van der Waals surface area contributed by atoms with Crippen LogP contribution in [0, 0.1) is 0 Å². The number of hydrogen-bond donors (Lipinski definition) is 1. The van der Waals surface area contributed by atoms with Crippen molar-refractivity contribution in [3.05, 3.63) is 11.2 Å². The molecule has 1 aromatic heterocycles. The molecule has 194 valence electrons. The maximum Gasteiger partial charge on any atom is 0.318 e. The molecule has 3 amide bonds. The van der Waals surface area contributed by atoms with Crippen LogP contribution in [0.3, 0.4) is 0 Å². The number of rotatable bonds is 4. The molecule has 3 fully saturated rings. The quantitative estimate of drug-likeness (QED) is 0.363. The molecular weight excluding hydrogens is 492 g/mol. The lowest BCUT2D eigenvalue weighted by molar-refractivity contribution is -0.186. The Balaban J connectivity index is 1.31. The van der Waals surface area contributed by atoms with Gasteiger partial charge in [-0.05, 0) is 27.7 Å². The molecule has 0 aromatic carbocycles. The number of ether oxygens (including phenoxy) is 2. The van der Waals surface area contributed by atoms with Gasteiger partial charge in [0.05, 0.1) is 19.0 Å². The van der Waals surface area contributed by atoms with E-state index in [0.717, 1.165) is 0 Å². The molecule has 1 unspecified atom stereocenters. The number of halogens is 1. The van der Waals surface area contributed by atoms with Crippen molar-refractivity contribution in [2.45, 2.75) is 63.1 Å². The van der Waals surface area contributed by atoms with E-state index in [1.165, 1.54) is 11.8 Å². The predicted molar refractivity (Wildman–Crippen MR) is 135 cm³/mol. The topological polar surface area (TPSA) is 100 Å². The fourth-order valence-corrected chi connectivity index (χ4v) is 5.56. The van der Waals surface area contributed by atoms with Crippen molar-refractivity contribution in [2.75, 3.05) is 56.6 Å². The summed E-state index contributed by atoms with van der Waals surface area (Å²) in [6, 6.07) is 1.68. The molecule has 0 aliphatic carbocycles. The van der Waals surface area contributed by atoms with Gasteiger partial charge in [0.1, 0.15) is 11.0 Å². The van der Waals surface area contributed by atoms with Gasteiger partial charge in [0.25, 0.3) is 0 Å². The van der Waals surface area contributed by atoms with Crippen LogP contribution in [-0.2, 0) is 14.3 Å². The van der Waals surface area contributed by atoms with E-state index in [1.54, 1.807) is 6.07 Å². The molecule has 12 heteroatoms. The normalized spacial score (nSPS) is 22.5. The molecule has 1 atom stereocenters. The number of nitrogens with zero attached hydrogens (tertiary/aromatic N) is 5. The van der Waals surface area contributed by atoms with Crippen LogP contribution >= 0.6 is 23.4 Å². The zero-order chi connectivity index (χ0) is 25.2. The number of carbonyl (C=O) groups excluding carboxylic acids is 2. The monoisotopic (exact) mass is 526 g/mol. The number of thioether (sulfide) groups is 1. The molecular formula is C23H35ClN6O4S. The van der Waals surface area contributed by atoms with E-state index in [4.69, 9.17) is 21.1 Å². The van der Waals surface area contributed by atoms with Gasteiger partial charge in [-0.25, -0.2) is 14.8 Å². The molecule has 35 heavy (non-hydrogen) atoms. The summed E-state index contributed by atoms with van der Waals surface area (Å²) in [7, 11) is 0. The second-order valence-electron chi connectivity index (χ2n) is 10.3. The summed E-state index contributed by atoms with van der Waals surface area (Å²) in [6.07, 6.45) is 1.39. The minimum atomic E-state index is -0.497. The fourth-order valence-electron chi connectivity index (χ4n) is 4.57. The number of nitrogens with one attached hydrogen (secondary N) is 1. The predicted octanol–water partition coefficient (Wildman–Crippen LogP) is 2.61. The zero-order valence-electron chi connectivity index (χ0n) is 20.9. The van der Waals surface area contributed by atoms with Crippen molar-refractivity contribution in [3.8, 4) is 0 Å². The number of hydrogen-bond acceptors (Lipinski definition) is 8. The molecule has 1 spiro atoms. The highest BCUT2D eigenvalue weighted by molar-refractivity contribution is 7.99. The van der Waals surface area contributed by atoms with Gasteiger partial charge in [0.15, 0.2) is 10.9 Å². The largest absolute Gasteiger partial charge is 0.353 e. The molecule has 1 N–H and O–H groups in total. The zero-order valence-corrected chi connectivity index (χ0v) is 22.5. The van der Waals surface area contributed by atoms with E-state index in [2.05, 4.69) is 20.2 Å². The Morgan fingerprint density at radius 2 is 1.86 bits per heavy atom. The smallest absolute Gasteiger partial charge is 0.318 e. The Hall–Kier alpha value is -1.82. The van der Waals surface area contributed by atoms with Gasteiger partial charge in [-0.2, -0.15) is 0 Å². The SMILES string of the molecule is CC1CN(c2cc(Cl)nc(SCC(=O)N3CCC4(CC3)OCCO4)n2)CCN1C(=O)NC(C)(C)C. The molecule has 4 rings (SSSR count). The van der Waals surface area contributed by atoms with Crippen LogP contribution in [0.5, 0.6) is 0 Å². The van der Waals surface area contributed by atoms with Crippen LogP contribution in [0.4, 0.5) is 10.6 Å². The summed E-state index contributed by atoms with van der Waals surface area (Å²) in [5.41, 5.74) is -0.286. The van der Waals surface area contributed by atoms with Crippen molar-refractivity contribution >= 4 is 41.1 Å². The van der Waals surface area contributed by atoms with E-state index in [0.29, 0.717) is 74.9 Å². The molecule has 10 nitrogen and oxygen atoms in total. The maximum absolute atomic E-state index is 12.8. The summed E-state index contributed by atoms with van der Waals surface area (Å²) in [6.45, 7) is 12.3. The first-order chi connectivity index (χ1) is 16.5. The third kappa shape index (κ3) is 6.69. The Morgan fingerprint density at radius 3 is 2.49 bits per heavy atom. The van der Waals surface area contributed by atoms with E-state index < -0.39 is 5.79 Å². The van der Waals surface area contributed by atoms with Gasteiger partial charge < -0.3 is 29.5 Å². The Labute approximate surface area is 216 Å². The Morgan fingerprint density at radius 1 is 1.17 bits per heavy atom. The maximum atomic E-state index is 12.8. The highest BCUT2D eigenvalue weighted by atomic mass is 35.5. The molecule has 0 bridgehead atoms. The number of likely N-dealkylation sites (tertiary alicyclic amines) is 1. The molecule has 3 aliphatic rings. The van der Waals surface area contributed by atoms with Crippen LogP contribution in [0.1, 0.15) is 40.5 Å². The first-order valence-electron chi connectivity index (χ1n) is 12.1. The number of anilines is 1. The first kappa shape index (κ1) is 26.2. The van der Waals surface area contributed by atoms with Crippen LogP contribution in [0.15, 0.2) is 11.2 Å². The summed E-state index contributed by atoms with van der Waals surface area (Å²) in [5.74, 6) is 0.493.